The van der Waals surface area contributed by atoms with Crippen molar-refractivity contribution in [2.45, 2.75) is 247 Å². The third kappa shape index (κ3) is 22.0. The molecule has 0 aromatic heterocycles. The van der Waals surface area contributed by atoms with Gasteiger partial charge >= 0.3 is 344 Å². The molecule has 0 unspecified atom stereocenters. The van der Waals surface area contributed by atoms with Gasteiger partial charge in [-0.05, 0) is 0 Å². The maximum absolute atomic E-state index is 15.3. The third-order valence-electron chi connectivity index (χ3n) is 12.9. The summed E-state index contributed by atoms with van der Waals surface area (Å²) in [4.78, 5) is -1.13. The van der Waals surface area contributed by atoms with Crippen LogP contribution in [0.25, 0.3) is 0 Å². The molecule has 0 saturated heterocycles. The Kier molecular flexibility index (Phi) is 29.8. The SMILES string of the molecule is CCCCCCCCCCCCc1ccccc1S(=O)(=O)[O][Zr](=[O])([O]S(=O)(=O)c1ccccc1CCCCCCCCCCCC)[S](=O)(=O)c1ccccc1CCCCCCCCCCCC. The van der Waals surface area contributed by atoms with Crippen LogP contribution in [0.5, 0.6) is 0 Å². The van der Waals surface area contributed by atoms with Crippen molar-refractivity contribution in [3.8, 4) is 0 Å². The Morgan fingerprint density at radius 1 is 0.328 bits per heavy atom. The van der Waals surface area contributed by atoms with Crippen molar-refractivity contribution in [3.05, 3.63) is 89.5 Å². The van der Waals surface area contributed by atoms with Crippen molar-refractivity contribution >= 4 is 26.8 Å². The monoisotopic (exact) mass is 1070 g/mol. The molecule has 0 N–H and O–H groups in total. The van der Waals surface area contributed by atoms with Gasteiger partial charge in [-0.3, -0.25) is 0 Å². The molecule has 67 heavy (non-hydrogen) atoms. The average molecular weight is 1070 g/mol. The van der Waals surface area contributed by atoms with Crippen LogP contribution in [-0.2, 0) is 73.1 Å². The number of rotatable bonds is 41. The van der Waals surface area contributed by atoms with Crippen molar-refractivity contribution in [1.82, 2.24) is 0 Å². The van der Waals surface area contributed by atoms with E-state index in [-0.39, 0.29) is 9.79 Å². The Hall–Kier alpha value is -1.89. The zero-order valence-electron chi connectivity index (χ0n) is 41.7. The fourth-order valence-corrected chi connectivity index (χ4v) is 29.4. The first-order valence-corrected chi connectivity index (χ1v) is 36.7. The summed E-state index contributed by atoms with van der Waals surface area (Å²) in [6.45, 7) is 1.29. The normalized spacial score (nSPS) is 12.5. The number of aryl methyl sites for hydroxylation is 3. The van der Waals surface area contributed by atoms with E-state index in [1.165, 1.54) is 133 Å². The van der Waals surface area contributed by atoms with Crippen LogP contribution < -0.4 is 0 Å². The van der Waals surface area contributed by atoms with E-state index in [4.69, 9.17) is 4.52 Å². The second-order valence-corrected chi connectivity index (χ2v) is 35.0. The van der Waals surface area contributed by atoms with Crippen LogP contribution in [0.3, 0.4) is 0 Å². The van der Waals surface area contributed by atoms with Gasteiger partial charge in [-0.1, -0.05) is 72.1 Å². The minimum absolute atomic E-state index is 0.302. The number of benzene rings is 3. The van der Waals surface area contributed by atoms with E-state index in [1.807, 2.05) is 0 Å². The molecule has 0 heterocycles. The molecule has 0 fully saturated rings. The van der Waals surface area contributed by atoms with E-state index in [1.54, 1.807) is 36.4 Å². The average Bonchev–Trinajstić information content (AvgIpc) is 3.30. The Labute approximate surface area is 412 Å². The molecule has 0 radical (unpaired) electrons. The van der Waals surface area contributed by atoms with Crippen LogP contribution in [0.2, 0.25) is 0 Å². The molecule has 13 heteroatoms. The van der Waals surface area contributed by atoms with E-state index in [9.17, 15) is 25.3 Å². The fourth-order valence-electron chi connectivity index (χ4n) is 8.89. The Bertz CT molecular complexity index is 2090. The van der Waals surface area contributed by atoms with Crippen LogP contribution in [-0.4, -0.2) is 25.3 Å². The van der Waals surface area contributed by atoms with Gasteiger partial charge in [-0.15, -0.1) is 0 Å². The van der Waals surface area contributed by atoms with E-state index < -0.39 is 51.4 Å². The summed E-state index contributed by atoms with van der Waals surface area (Å²) in [7, 11) is -10.3. The minimum Gasteiger partial charge on any atom is -0.0654 e. The topological polar surface area (TPSA) is 138 Å². The van der Waals surface area contributed by atoms with Crippen LogP contribution >= 0.6 is 0 Å². The molecule has 9 nitrogen and oxygen atoms in total. The van der Waals surface area contributed by atoms with Crippen LogP contribution in [0, 0.1) is 0 Å². The second kappa shape index (κ2) is 33.7. The van der Waals surface area contributed by atoms with Gasteiger partial charge in [-0.2, -0.15) is 0 Å². The smallest absolute Gasteiger partial charge is 0.0654 e. The van der Waals surface area contributed by atoms with Crippen LogP contribution in [0.4, 0.5) is 0 Å². The van der Waals surface area contributed by atoms with Gasteiger partial charge in [0.25, 0.3) is 0 Å². The van der Waals surface area contributed by atoms with Crippen molar-refractivity contribution < 1.29 is 52.3 Å². The van der Waals surface area contributed by atoms with Gasteiger partial charge in [0.05, 0.1) is 0 Å². The molecule has 0 amide bonds. The van der Waals surface area contributed by atoms with Gasteiger partial charge < -0.3 is 0 Å². The van der Waals surface area contributed by atoms with E-state index in [0.29, 0.717) is 55.2 Å². The van der Waals surface area contributed by atoms with Gasteiger partial charge in [0.2, 0.25) is 0 Å². The molecule has 0 aliphatic carbocycles. The van der Waals surface area contributed by atoms with E-state index in [2.05, 4.69) is 20.8 Å². The van der Waals surface area contributed by atoms with Gasteiger partial charge in [-0.25, -0.2) is 0 Å². The van der Waals surface area contributed by atoms with Crippen LogP contribution in [0.1, 0.15) is 230 Å². The molecule has 379 valence electrons. The summed E-state index contributed by atoms with van der Waals surface area (Å²) in [6.07, 6.45) is 33.8. The summed E-state index contributed by atoms with van der Waals surface area (Å²) in [5.41, 5.74) is 1.06. The Morgan fingerprint density at radius 2 is 0.552 bits per heavy atom. The standard InChI is InChI=1S/2C18H30O3S.C18H29O2S.O.Zr/c2*1-2-3-4-5-6-7-8-9-10-11-14-17-15-12-13-16-18(17)22(19,20)21;1-2-3-4-5-6-7-8-9-10-11-14-17-15-12-13-16-18(17)21(19)20;;/h2*12-13,15-16H,2-11,14H2,1H3,(H,19,20,21);12-13,15-16H,2-11,14H2,1H3;;/q;;;;+2/p-2. The van der Waals surface area contributed by atoms with Gasteiger partial charge in [0.15, 0.2) is 0 Å². The summed E-state index contributed by atoms with van der Waals surface area (Å²) >= 11 is -7.70. The zero-order valence-corrected chi connectivity index (χ0v) is 46.6. The predicted molar refractivity (Wildman–Crippen MR) is 270 cm³/mol. The maximum atomic E-state index is 15.3. The summed E-state index contributed by atoms with van der Waals surface area (Å²) in [5, 5.41) is 0. The van der Waals surface area contributed by atoms with Crippen molar-refractivity contribution in [3.63, 3.8) is 0 Å². The predicted octanol–water partition coefficient (Wildman–Crippen LogP) is 15.9. The number of hydrogen-bond acceptors (Lipinski definition) is 9. The van der Waals surface area contributed by atoms with Crippen molar-refractivity contribution in [1.29, 1.82) is 0 Å². The molecule has 0 aliphatic rings. The Balaban J connectivity index is 1.87. The molecular formula is C54H87O9S3Zr. The van der Waals surface area contributed by atoms with E-state index >= 15 is 2.81 Å². The van der Waals surface area contributed by atoms with Crippen molar-refractivity contribution in [2.24, 2.45) is 0 Å². The second-order valence-electron chi connectivity index (χ2n) is 18.7. The molecule has 0 spiro atoms. The molecule has 3 aromatic carbocycles. The number of unbranched alkanes of at least 4 members (excludes halogenated alkanes) is 27. The summed E-state index contributed by atoms with van der Waals surface area (Å²) in [5.74, 6) is 0. The molecule has 3 aromatic rings. The molecule has 0 atom stereocenters. The summed E-state index contributed by atoms with van der Waals surface area (Å²) < 4.78 is 113. The van der Waals surface area contributed by atoms with Gasteiger partial charge in [0.1, 0.15) is 0 Å². The zero-order chi connectivity index (χ0) is 48.7. The van der Waals surface area contributed by atoms with Crippen molar-refractivity contribution in [2.75, 3.05) is 0 Å². The van der Waals surface area contributed by atoms with E-state index in [0.717, 1.165) is 77.0 Å². The summed E-state index contributed by atoms with van der Waals surface area (Å²) in [6, 6.07) is 18.1. The number of hydrogen-bond donors (Lipinski definition) is 0. The molecule has 0 bridgehead atoms. The quantitative estimate of drug-likeness (QED) is 0.0508. The first kappa shape index (κ1) is 59.4. The van der Waals surface area contributed by atoms with Crippen LogP contribution in [0.15, 0.2) is 87.5 Å². The minimum atomic E-state index is -7.70. The first-order chi connectivity index (χ1) is 32.3. The molecule has 0 saturated carbocycles. The van der Waals surface area contributed by atoms with Gasteiger partial charge in [0, 0.05) is 0 Å². The molecule has 3 rings (SSSR count). The first-order valence-electron chi connectivity index (χ1n) is 26.4. The fraction of sp³-hybridized carbons (Fsp3) is 0.667. The Morgan fingerprint density at radius 3 is 0.836 bits per heavy atom. The molecule has 0 aliphatic heterocycles. The third-order valence-corrected chi connectivity index (χ3v) is 32.4. The molecular weight excluding hydrogens is 980 g/mol.